The third-order valence-corrected chi connectivity index (χ3v) is 4.77. The molecule has 0 aromatic heterocycles. The van der Waals surface area contributed by atoms with Crippen LogP contribution in [0.25, 0.3) is 0 Å². The maximum absolute atomic E-state index is 11.7. The van der Waals surface area contributed by atoms with E-state index in [1.165, 1.54) is 0 Å². The quantitative estimate of drug-likeness (QED) is 0.266. The summed E-state index contributed by atoms with van der Waals surface area (Å²) in [5, 5.41) is 12.2. The van der Waals surface area contributed by atoms with E-state index in [-0.39, 0.29) is 12.1 Å². The van der Waals surface area contributed by atoms with Gasteiger partial charge in [-0.25, -0.2) is 4.79 Å². The number of hydrogen-bond acceptors (Lipinski definition) is 4. The average molecular weight is 420 g/mol. The Morgan fingerprint density at radius 1 is 1.20 bits per heavy atom. The van der Waals surface area contributed by atoms with Gasteiger partial charge in [0.25, 0.3) is 0 Å². The Hall–Kier alpha value is -2.32. The minimum absolute atomic E-state index is 0.103. The molecule has 1 aromatic carbocycles. The molecule has 2 rings (SSSR count). The fraction of sp³-hybridized carbons (Fsp3) is 0.636. The lowest BCUT2D eigenvalue weighted by Gasteiger charge is -2.21. The molecule has 1 aliphatic heterocycles. The molecule has 0 saturated carbocycles. The SMILES string of the molecule is CN=C(NCCCOCC1CCOCC1)NCc1ccc(NC(=O)NC(C)C)cc1. The van der Waals surface area contributed by atoms with Crippen LogP contribution in [0.5, 0.6) is 0 Å². The first-order valence-corrected chi connectivity index (χ1v) is 10.8. The van der Waals surface area contributed by atoms with E-state index < -0.39 is 0 Å². The summed E-state index contributed by atoms with van der Waals surface area (Å²) in [4.78, 5) is 16.0. The first kappa shape index (κ1) is 24.0. The average Bonchev–Trinajstić information content (AvgIpc) is 2.74. The van der Waals surface area contributed by atoms with E-state index in [9.17, 15) is 4.79 Å². The zero-order valence-corrected chi connectivity index (χ0v) is 18.5. The van der Waals surface area contributed by atoms with Crippen LogP contribution in [-0.4, -0.2) is 58.1 Å². The minimum Gasteiger partial charge on any atom is -0.381 e. The number of anilines is 1. The van der Waals surface area contributed by atoms with Crippen molar-refractivity contribution in [3.05, 3.63) is 29.8 Å². The second-order valence-electron chi connectivity index (χ2n) is 7.79. The Morgan fingerprint density at radius 2 is 1.93 bits per heavy atom. The molecule has 8 heteroatoms. The number of urea groups is 1. The maximum Gasteiger partial charge on any atom is 0.319 e. The van der Waals surface area contributed by atoms with Gasteiger partial charge in [-0.2, -0.15) is 0 Å². The number of hydrogen-bond donors (Lipinski definition) is 4. The van der Waals surface area contributed by atoms with Crippen LogP contribution in [0.2, 0.25) is 0 Å². The van der Waals surface area contributed by atoms with E-state index in [2.05, 4.69) is 26.3 Å². The number of benzene rings is 1. The molecule has 30 heavy (non-hydrogen) atoms. The maximum atomic E-state index is 11.7. The van der Waals surface area contributed by atoms with Crippen molar-refractivity contribution in [1.82, 2.24) is 16.0 Å². The molecular formula is C22H37N5O3. The van der Waals surface area contributed by atoms with Gasteiger partial charge in [0.15, 0.2) is 5.96 Å². The number of nitrogens with one attached hydrogen (secondary N) is 4. The van der Waals surface area contributed by atoms with E-state index in [1.807, 2.05) is 38.1 Å². The van der Waals surface area contributed by atoms with E-state index in [1.54, 1.807) is 7.05 Å². The van der Waals surface area contributed by atoms with Crippen molar-refractivity contribution in [3.63, 3.8) is 0 Å². The van der Waals surface area contributed by atoms with E-state index in [4.69, 9.17) is 9.47 Å². The minimum atomic E-state index is -0.197. The van der Waals surface area contributed by atoms with Crippen LogP contribution in [0.3, 0.4) is 0 Å². The summed E-state index contributed by atoms with van der Waals surface area (Å²) >= 11 is 0. The molecule has 1 aliphatic rings. The number of amides is 2. The topological polar surface area (TPSA) is 96.0 Å². The molecule has 2 amide bonds. The summed E-state index contributed by atoms with van der Waals surface area (Å²) in [5.41, 5.74) is 1.87. The normalized spacial score (nSPS) is 15.1. The van der Waals surface area contributed by atoms with Gasteiger partial charge in [-0.05, 0) is 56.7 Å². The summed E-state index contributed by atoms with van der Waals surface area (Å²) in [6.45, 7) is 8.63. The van der Waals surface area contributed by atoms with Gasteiger partial charge in [0.1, 0.15) is 0 Å². The summed E-state index contributed by atoms with van der Waals surface area (Å²) in [6.07, 6.45) is 3.15. The Labute approximate surface area is 180 Å². The zero-order valence-electron chi connectivity index (χ0n) is 18.5. The van der Waals surface area contributed by atoms with Crippen molar-refractivity contribution >= 4 is 17.7 Å². The van der Waals surface area contributed by atoms with Gasteiger partial charge >= 0.3 is 6.03 Å². The van der Waals surface area contributed by atoms with Gasteiger partial charge in [0.2, 0.25) is 0 Å². The summed E-state index contributed by atoms with van der Waals surface area (Å²) in [6, 6.07) is 7.65. The highest BCUT2D eigenvalue weighted by Crippen LogP contribution is 2.14. The third kappa shape index (κ3) is 9.93. The first-order chi connectivity index (χ1) is 14.6. The summed E-state index contributed by atoms with van der Waals surface area (Å²) in [5.74, 6) is 1.41. The van der Waals surface area contributed by atoms with Crippen molar-refractivity contribution in [3.8, 4) is 0 Å². The van der Waals surface area contributed by atoms with E-state index in [0.717, 1.165) is 69.4 Å². The van der Waals surface area contributed by atoms with E-state index >= 15 is 0 Å². The highest BCUT2D eigenvalue weighted by molar-refractivity contribution is 5.89. The molecule has 8 nitrogen and oxygen atoms in total. The highest BCUT2D eigenvalue weighted by atomic mass is 16.5. The largest absolute Gasteiger partial charge is 0.381 e. The van der Waals surface area contributed by atoms with Crippen molar-refractivity contribution < 1.29 is 14.3 Å². The molecule has 0 radical (unpaired) electrons. The Balaban J connectivity index is 1.58. The molecule has 0 aliphatic carbocycles. The van der Waals surface area contributed by atoms with Crippen molar-refractivity contribution in [1.29, 1.82) is 0 Å². The number of aliphatic imine (C=N–C) groups is 1. The van der Waals surface area contributed by atoms with Gasteiger partial charge in [0.05, 0.1) is 0 Å². The van der Waals surface area contributed by atoms with Crippen LogP contribution in [-0.2, 0) is 16.0 Å². The molecule has 1 fully saturated rings. The molecule has 1 saturated heterocycles. The third-order valence-electron chi connectivity index (χ3n) is 4.77. The number of nitrogens with zero attached hydrogens (tertiary/aromatic N) is 1. The second-order valence-corrected chi connectivity index (χ2v) is 7.79. The van der Waals surface area contributed by atoms with E-state index in [0.29, 0.717) is 12.5 Å². The summed E-state index contributed by atoms with van der Waals surface area (Å²) < 4.78 is 11.2. The van der Waals surface area contributed by atoms with Gasteiger partial charge in [-0.1, -0.05) is 12.1 Å². The smallest absolute Gasteiger partial charge is 0.319 e. The van der Waals surface area contributed by atoms with Crippen LogP contribution in [0.15, 0.2) is 29.3 Å². The van der Waals surface area contributed by atoms with Gasteiger partial charge < -0.3 is 30.7 Å². The fourth-order valence-corrected chi connectivity index (χ4v) is 3.09. The molecule has 0 bridgehead atoms. The monoisotopic (exact) mass is 419 g/mol. The van der Waals surface area contributed by atoms with Gasteiger partial charge in [-0.15, -0.1) is 0 Å². The fourth-order valence-electron chi connectivity index (χ4n) is 3.09. The Bertz CT molecular complexity index is 643. The lowest BCUT2D eigenvalue weighted by molar-refractivity contribution is 0.0203. The predicted octanol–water partition coefficient (Wildman–Crippen LogP) is 2.71. The molecule has 0 unspecified atom stereocenters. The molecule has 4 N–H and O–H groups in total. The summed E-state index contributed by atoms with van der Waals surface area (Å²) in [7, 11) is 1.76. The second kappa shape index (κ2) is 13.8. The molecule has 0 spiro atoms. The van der Waals surface area contributed by atoms with Gasteiger partial charge in [0, 0.05) is 58.3 Å². The lowest BCUT2D eigenvalue weighted by Crippen LogP contribution is -2.37. The highest BCUT2D eigenvalue weighted by Gasteiger charge is 2.13. The van der Waals surface area contributed by atoms with Crippen LogP contribution < -0.4 is 21.3 Å². The van der Waals surface area contributed by atoms with Crippen LogP contribution in [0, 0.1) is 5.92 Å². The zero-order chi connectivity index (χ0) is 21.6. The predicted molar refractivity (Wildman–Crippen MR) is 121 cm³/mol. The number of carbonyl (C=O) groups is 1. The standard InChI is InChI=1S/C22H37N5O3/c1-17(2)26-22(28)27-20-7-5-18(6-8-20)15-25-21(23-3)24-11-4-12-30-16-19-9-13-29-14-10-19/h5-8,17,19H,4,9-16H2,1-3H3,(H2,23,24,25)(H2,26,27,28). The lowest BCUT2D eigenvalue weighted by atomic mass is 10.0. The number of guanidine groups is 1. The number of ether oxygens (including phenoxy) is 2. The van der Waals surface area contributed by atoms with Crippen LogP contribution >= 0.6 is 0 Å². The van der Waals surface area contributed by atoms with Crippen molar-refractivity contribution in [2.45, 2.75) is 45.7 Å². The Kier molecular flexibility index (Phi) is 11.0. The molecule has 1 heterocycles. The van der Waals surface area contributed by atoms with Crippen molar-refractivity contribution in [2.75, 3.05) is 45.3 Å². The molecule has 1 aromatic rings. The molecular weight excluding hydrogens is 382 g/mol. The molecule has 168 valence electrons. The van der Waals surface area contributed by atoms with Crippen LogP contribution in [0.4, 0.5) is 10.5 Å². The number of rotatable bonds is 10. The van der Waals surface area contributed by atoms with Gasteiger partial charge in [-0.3, -0.25) is 4.99 Å². The van der Waals surface area contributed by atoms with Crippen LogP contribution in [0.1, 0.15) is 38.7 Å². The molecule has 0 atom stereocenters. The number of carbonyl (C=O) groups excluding carboxylic acids is 1. The van der Waals surface area contributed by atoms with Crippen molar-refractivity contribution in [2.24, 2.45) is 10.9 Å². The Morgan fingerprint density at radius 3 is 2.60 bits per heavy atom. The first-order valence-electron chi connectivity index (χ1n) is 10.8.